The molecule has 1 aromatic carbocycles. The van der Waals surface area contributed by atoms with Crippen LogP contribution in [0.4, 0.5) is 5.69 Å². The number of hydrogen-bond acceptors (Lipinski definition) is 16. The summed E-state index contributed by atoms with van der Waals surface area (Å²) in [5, 5.41) is 9.02. The second kappa shape index (κ2) is 20.5. The molecule has 18 nitrogen and oxygen atoms in total. The Hall–Kier alpha value is -5.41. The zero-order valence-electron chi connectivity index (χ0n) is 47.5. The number of nitrogens with one attached hydrogen (secondary N) is 2. The summed E-state index contributed by atoms with van der Waals surface area (Å²) in [6.07, 6.45) is 14.1. The molecule has 7 atom stereocenters. The number of fused-ring (bicyclic) bond motifs is 6. The van der Waals surface area contributed by atoms with Gasteiger partial charge in [-0.05, 0) is 114 Å². The molecule has 10 heterocycles. The van der Waals surface area contributed by atoms with Crippen LogP contribution in [-0.4, -0.2) is 183 Å². The molecule has 19 heteroatoms. The van der Waals surface area contributed by atoms with Gasteiger partial charge in [-0.15, -0.1) is 11.3 Å². The second-order valence-corrected chi connectivity index (χ2v) is 26.9. The van der Waals surface area contributed by atoms with Crippen molar-refractivity contribution in [3.63, 3.8) is 0 Å². The first-order valence-corrected chi connectivity index (χ1v) is 30.8. The summed E-state index contributed by atoms with van der Waals surface area (Å²) in [5.74, 6) is -1.29. The lowest BCUT2D eigenvalue weighted by molar-refractivity contribution is -0.156. The largest absolute Gasteiger partial charge is 0.464 e. The van der Waals surface area contributed by atoms with Gasteiger partial charge in [-0.1, -0.05) is 26.8 Å². The van der Waals surface area contributed by atoms with Crippen molar-refractivity contribution in [2.45, 2.75) is 139 Å². The van der Waals surface area contributed by atoms with E-state index in [4.69, 9.17) is 19.4 Å². The SMILES string of the molecule is CO[C@@H](C)c1ncc(N2CCN(C3CC3)CC2)cc1-c1c2c3cc(ccc3n1C1CN(C3CC3)C1)-c1csc(n1)[C@@H](N1CC3(CCCN3C)C1)[C@H](NC(=O)[C@@H]1[C@@H](C)[C@H]1c1ccncn1)C(=O)N1CCC[C@H](N1)C(=O)OCC(C)(C)C2. The van der Waals surface area contributed by atoms with E-state index >= 15 is 4.79 Å². The number of amides is 2. The number of ether oxygens (including phenoxy) is 2. The Morgan fingerprint density at radius 3 is 2.44 bits per heavy atom. The first-order chi connectivity index (χ1) is 38.7. The van der Waals surface area contributed by atoms with E-state index in [0.717, 1.165) is 133 Å². The van der Waals surface area contributed by atoms with Crippen molar-refractivity contribution in [2.24, 2.45) is 17.3 Å². The number of benzene rings is 1. The smallest absolute Gasteiger partial charge is 0.324 e. The number of rotatable bonds is 11. The van der Waals surface area contributed by atoms with Crippen molar-refractivity contribution in [2.75, 3.05) is 91.1 Å². The summed E-state index contributed by atoms with van der Waals surface area (Å²) >= 11 is 1.56. The van der Waals surface area contributed by atoms with Crippen molar-refractivity contribution in [3.05, 3.63) is 76.4 Å². The molecule has 0 radical (unpaired) electrons. The zero-order valence-corrected chi connectivity index (χ0v) is 48.3. The maximum atomic E-state index is 15.6. The van der Waals surface area contributed by atoms with E-state index in [9.17, 15) is 9.59 Å². The molecule has 2 amide bonds. The van der Waals surface area contributed by atoms with E-state index in [1.165, 1.54) is 37.6 Å². The summed E-state index contributed by atoms with van der Waals surface area (Å²) < 4.78 is 15.3. The first kappa shape index (κ1) is 52.7. The Morgan fingerprint density at radius 2 is 1.71 bits per heavy atom. The number of piperazine rings is 1. The molecule has 5 saturated heterocycles. The van der Waals surface area contributed by atoms with Gasteiger partial charge in [-0.3, -0.25) is 44.0 Å². The highest BCUT2D eigenvalue weighted by Gasteiger charge is 2.57. The number of hydrogen-bond donors (Lipinski definition) is 2. The number of likely N-dealkylation sites (tertiary alicyclic amines) is 3. The molecule has 9 aliphatic rings. The number of thiazole rings is 1. The zero-order chi connectivity index (χ0) is 54.8. The number of pyridine rings is 1. The van der Waals surface area contributed by atoms with E-state index < -0.39 is 23.5 Å². The van der Waals surface area contributed by atoms with Gasteiger partial charge in [0.2, 0.25) is 5.91 Å². The Bertz CT molecular complexity index is 3170. The van der Waals surface area contributed by atoms with Crippen LogP contribution in [0.5, 0.6) is 0 Å². The molecule has 5 aromatic rings. The molecular weight excluding hydrogens is 1030 g/mol. The summed E-state index contributed by atoms with van der Waals surface area (Å²) in [6.45, 7) is 17.6. The quantitative estimate of drug-likeness (QED) is 0.136. The van der Waals surface area contributed by atoms with Crippen LogP contribution in [0.1, 0.15) is 125 Å². The maximum absolute atomic E-state index is 15.6. The minimum Gasteiger partial charge on any atom is -0.464 e. The minimum absolute atomic E-state index is 0.0117. The highest BCUT2D eigenvalue weighted by Crippen LogP contribution is 2.54. The fourth-order valence-electron chi connectivity index (χ4n) is 14.8. The van der Waals surface area contributed by atoms with Crippen molar-refractivity contribution < 1.29 is 23.9 Å². The third kappa shape index (κ3) is 9.53. The predicted molar refractivity (Wildman–Crippen MR) is 307 cm³/mol. The van der Waals surface area contributed by atoms with E-state index in [2.05, 4.69) is 120 Å². The van der Waals surface area contributed by atoms with Gasteiger partial charge in [-0.25, -0.2) is 20.4 Å². The van der Waals surface area contributed by atoms with Crippen LogP contribution in [0, 0.1) is 17.3 Å². The van der Waals surface area contributed by atoms with Crippen molar-refractivity contribution >= 4 is 45.7 Å². The van der Waals surface area contributed by atoms with Crippen LogP contribution in [-0.2, 0) is 30.3 Å². The molecule has 6 aliphatic heterocycles. The van der Waals surface area contributed by atoms with Crippen LogP contribution in [0.25, 0.3) is 33.4 Å². The van der Waals surface area contributed by atoms with E-state index in [1.807, 2.05) is 6.07 Å². The third-order valence-corrected chi connectivity index (χ3v) is 20.9. The minimum atomic E-state index is -1.01. The summed E-state index contributed by atoms with van der Waals surface area (Å²) in [6, 6.07) is 10.4. The Labute approximate surface area is 473 Å². The van der Waals surface area contributed by atoms with Gasteiger partial charge < -0.3 is 24.3 Å². The number of hydrazine groups is 1. The van der Waals surface area contributed by atoms with E-state index in [0.29, 0.717) is 31.8 Å². The monoisotopic (exact) mass is 1110 g/mol. The number of carbonyl (C=O) groups excluding carboxylic acids is 3. The number of esters is 1. The molecule has 1 spiro atoms. The molecule has 8 fully saturated rings. The van der Waals surface area contributed by atoms with Crippen LogP contribution in [0.15, 0.2) is 54.4 Å². The molecule has 3 aliphatic carbocycles. The number of cyclic esters (lactones) is 1. The highest BCUT2D eigenvalue weighted by atomic mass is 32.1. The van der Waals surface area contributed by atoms with Crippen LogP contribution < -0.4 is 15.6 Å². The Morgan fingerprint density at radius 1 is 0.925 bits per heavy atom. The predicted octanol–water partition coefficient (Wildman–Crippen LogP) is 6.60. The number of aromatic nitrogens is 5. The fraction of sp³-hybridized carbons (Fsp3) is 0.623. The normalized spacial score (nSPS) is 29.1. The van der Waals surface area contributed by atoms with Crippen molar-refractivity contribution in [1.82, 2.24) is 59.9 Å². The number of methoxy groups -OCH3 is 1. The summed E-state index contributed by atoms with van der Waals surface area (Å²) in [5.41, 5.74) is 12.1. The number of nitrogens with zero attached hydrogens (tertiary/aromatic N) is 11. The summed E-state index contributed by atoms with van der Waals surface area (Å²) in [4.78, 5) is 77.3. The highest BCUT2D eigenvalue weighted by molar-refractivity contribution is 7.10. The molecular formula is C61H79N13O5S. The number of likely N-dealkylation sites (N-methyl/N-ethyl adjacent to an activating group) is 1. The topological polar surface area (TPSA) is 170 Å². The average molecular weight is 1110 g/mol. The average Bonchev–Trinajstić information content (AvgIpc) is 4.40. The van der Waals surface area contributed by atoms with Gasteiger partial charge in [0, 0.05) is 140 Å². The Kier molecular flexibility index (Phi) is 13.5. The molecule has 0 unspecified atom stereocenters. The third-order valence-electron chi connectivity index (χ3n) is 20.0. The Balaban J connectivity index is 0.910. The lowest BCUT2D eigenvalue weighted by atomic mass is 9.84. The van der Waals surface area contributed by atoms with Gasteiger partial charge in [0.1, 0.15) is 23.4 Å². The fourth-order valence-corrected chi connectivity index (χ4v) is 15.8. The number of anilines is 1. The molecule has 4 aromatic heterocycles. The van der Waals surface area contributed by atoms with Gasteiger partial charge >= 0.3 is 5.97 Å². The molecule has 14 rings (SSSR count). The van der Waals surface area contributed by atoms with Gasteiger partial charge in [0.05, 0.1) is 53.8 Å². The lowest BCUT2D eigenvalue weighted by Gasteiger charge is -2.55. The van der Waals surface area contributed by atoms with Crippen LogP contribution in [0.3, 0.4) is 0 Å². The van der Waals surface area contributed by atoms with Crippen LogP contribution in [0.2, 0.25) is 0 Å². The standard InChI is InChI=1S/C61H79N13O5S/c1-36-50(46-16-18-62-35-64-46)51(36)56(75)66-53-55(72-32-61(33-72)17-8-19-68(61)5)57-65-48(31-80-57)38-10-15-49-43(25-38)45(27-60(3,4)34-79-59(77)47-9-7-20-73(67-47)58(53)76)54(74(49)42-29-71(30-42)40-13-14-40)44-26-41(28-63-52(44)37(2)78-6)70-23-21-69(22-24-70)39-11-12-39/h10,15-16,18,25-26,28,31,35-37,39-40,42,47,50-51,53,55,67H,7-9,11-14,17,19-24,27,29-30,32-34H2,1-6H3,(H,66,75)/t36-,37-,47-,50-,51+,53-,55-/m0/s1. The molecule has 2 N–H and O–H groups in total. The van der Waals surface area contributed by atoms with Gasteiger partial charge in [0.15, 0.2) is 0 Å². The number of carbonyl (C=O) groups is 3. The van der Waals surface area contributed by atoms with Crippen molar-refractivity contribution in [3.8, 4) is 22.5 Å². The molecule has 80 heavy (non-hydrogen) atoms. The maximum Gasteiger partial charge on any atom is 0.324 e. The van der Waals surface area contributed by atoms with Crippen LogP contribution >= 0.6 is 11.3 Å². The molecule has 3 saturated carbocycles. The summed E-state index contributed by atoms with van der Waals surface area (Å²) in [7, 11) is 3.98. The first-order valence-electron chi connectivity index (χ1n) is 29.9. The van der Waals surface area contributed by atoms with Gasteiger partial charge in [0.25, 0.3) is 5.91 Å². The second-order valence-electron chi connectivity index (χ2n) is 26.0. The van der Waals surface area contributed by atoms with Crippen molar-refractivity contribution in [1.29, 1.82) is 0 Å². The van der Waals surface area contributed by atoms with E-state index in [-0.39, 0.29) is 59.8 Å². The molecule has 6 bridgehead atoms. The molecule has 424 valence electrons. The van der Waals surface area contributed by atoms with E-state index in [1.54, 1.807) is 29.7 Å². The van der Waals surface area contributed by atoms with Gasteiger partial charge in [-0.2, -0.15) is 0 Å². The lowest BCUT2D eigenvalue weighted by Crippen LogP contribution is -2.70.